The Kier molecular flexibility index (Phi) is 5.07. The molecule has 1 N–H and O–H groups in total. The Morgan fingerprint density at radius 2 is 1.88 bits per heavy atom. The summed E-state index contributed by atoms with van der Waals surface area (Å²) in [6.07, 6.45) is 0. The number of amides is 1. The second-order valence-electron chi connectivity index (χ2n) is 7.66. The van der Waals surface area contributed by atoms with Crippen LogP contribution in [0.15, 0.2) is 58.5 Å². The number of nitrogens with zero attached hydrogens (tertiary/aromatic N) is 2. The molecule has 33 heavy (non-hydrogen) atoms. The Labute approximate surface area is 196 Å². The fourth-order valence-electron chi connectivity index (χ4n) is 3.99. The number of hydrogen-bond donors (Lipinski definition) is 1. The van der Waals surface area contributed by atoms with Crippen LogP contribution in [0.2, 0.25) is 5.02 Å². The third-order valence-electron chi connectivity index (χ3n) is 5.47. The number of benzene rings is 2. The second kappa shape index (κ2) is 7.83. The number of Topliss-reactive ketones (excluding diaryl/α,β-unsaturated/α-hetero) is 1. The first-order chi connectivity index (χ1) is 15.7. The zero-order chi connectivity index (χ0) is 23.4. The number of furan rings is 1. The van der Waals surface area contributed by atoms with Gasteiger partial charge in [-0.05, 0) is 55.8 Å². The first-order valence-corrected chi connectivity index (χ1v) is 11.1. The summed E-state index contributed by atoms with van der Waals surface area (Å²) in [6.45, 7) is 3.39. The van der Waals surface area contributed by atoms with Crippen molar-refractivity contribution in [2.75, 3.05) is 4.90 Å². The van der Waals surface area contributed by atoms with Crippen molar-refractivity contribution in [3.63, 3.8) is 0 Å². The maximum absolute atomic E-state index is 13.7. The fraction of sp³-hybridized carbons (Fsp3) is 0.125. The molecule has 166 valence electrons. The Balaban J connectivity index is 1.75. The number of thiazole rings is 1. The summed E-state index contributed by atoms with van der Waals surface area (Å²) in [5.41, 5.74) is 1.30. The van der Waals surface area contributed by atoms with Crippen molar-refractivity contribution in [3.05, 3.63) is 87.6 Å². The summed E-state index contributed by atoms with van der Waals surface area (Å²) >= 11 is 7.13. The van der Waals surface area contributed by atoms with Crippen LogP contribution in [0.1, 0.15) is 28.7 Å². The minimum atomic E-state index is -0.956. The number of aryl methyl sites for hydroxylation is 2. The summed E-state index contributed by atoms with van der Waals surface area (Å²) in [7, 11) is 0. The molecular weight excluding hydrogens is 467 g/mol. The van der Waals surface area contributed by atoms with Crippen LogP contribution >= 0.6 is 22.9 Å². The molecule has 4 aromatic rings. The summed E-state index contributed by atoms with van der Waals surface area (Å²) in [5, 5.41) is 11.9. The molecular formula is C24H16ClFN2O4S. The highest BCUT2D eigenvalue weighted by atomic mass is 35.5. The third kappa shape index (κ3) is 3.51. The van der Waals surface area contributed by atoms with E-state index in [2.05, 4.69) is 4.98 Å². The lowest BCUT2D eigenvalue weighted by Gasteiger charge is -2.22. The van der Waals surface area contributed by atoms with Gasteiger partial charge in [-0.1, -0.05) is 35.1 Å². The molecule has 3 heterocycles. The average molecular weight is 483 g/mol. The van der Waals surface area contributed by atoms with Gasteiger partial charge in [-0.3, -0.25) is 14.5 Å². The summed E-state index contributed by atoms with van der Waals surface area (Å²) in [5.74, 6) is -1.48. The number of aliphatic hydroxyl groups excluding tert-OH is 1. The highest BCUT2D eigenvalue weighted by molar-refractivity contribution is 7.22. The van der Waals surface area contributed by atoms with Crippen LogP contribution in [0, 0.1) is 19.7 Å². The molecule has 1 atom stereocenters. The van der Waals surface area contributed by atoms with E-state index in [0.717, 1.165) is 11.3 Å². The van der Waals surface area contributed by atoms with Gasteiger partial charge in [0.15, 0.2) is 5.13 Å². The number of carbonyl (C=O) groups excluding carboxylic acids is 2. The quantitative estimate of drug-likeness (QED) is 0.222. The van der Waals surface area contributed by atoms with Crippen molar-refractivity contribution in [1.29, 1.82) is 0 Å². The molecule has 1 aliphatic rings. The number of carbonyl (C=O) groups is 2. The lowest BCUT2D eigenvalue weighted by molar-refractivity contribution is -0.132. The predicted octanol–water partition coefficient (Wildman–Crippen LogP) is 5.92. The highest BCUT2D eigenvalue weighted by Crippen LogP contribution is 2.45. The van der Waals surface area contributed by atoms with Crippen LogP contribution in [-0.4, -0.2) is 21.8 Å². The van der Waals surface area contributed by atoms with E-state index in [4.69, 9.17) is 16.0 Å². The van der Waals surface area contributed by atoms with Gasteiger partial charge < -0.3 is 9.52 Å². The van der Waals surface area contributed by atoms with Gasteiger partial charge in [0, 0.05) is 5.02 Å². The smallest absolute Gasteiger partial charge is 0.301 e. The van der Waals surface area contributed by atoms with Gasteiger partial charge >= 0.3 is 5.91 Å². The molecule has 0 aliphatic carbocycles. The van der Waals surface area contributed by atoms with E-state index in [1.807, 2.05) is 0 Å². The van der Waals surface area contributed by atoms with E-state index in [1.165, 1.54) is 23.1 Å². The average Bonchev–Trinajstić information content (AvgIpc) is 3.41. The molecule has 0 spiro atoms. The van der Waals surface area contributed by atoms with Crippen molar-refractivity contribution in [1.82, 2.24) is 4.98 Å². The third-order valence-corrected chi connectivity index (χ3v) is 6.74. The Morgan fingerprint density at radius 3 is 2.55 bits per heavy atom. The lowest BCUT2D eigenvalue weighted by atomic mass is 9.95. The standard InChI is InChI=1S/C24H16ClFN2O4S/c1-11-9-16(12(2)32-11)21(29)19-20(13-3-5-14(25)6-4-13)28(23(31)22(19)30)24-27-17-8-7-15(26)10-18(17)33-24/h3-10,20,29H,1-2H3. The second-order valence-corrected chi connectivity index (χ2v) is 9.10. The fourth-order valence-corrected chi connectivity index (χ4v) is 5.13. The molecule has 1 fully saturated rings. The SMILES string of the molecule is Cc1cc(C(O)=C2C(=O)C(=O)N(c3nc4ccc(F)cc4s3)C2c2ccc(Cl)cc2)c(C)o1. The van der Waals surface area contributed by atoms with Crippen molar-refractivity contribution in [2.45, 2.75) is 19.9 Å². The first kappa shape index (κ1) is 21.4. The molecule has 0 radical (unpaired) electrons. The molecule has 1 amide bonds. The Bertz CT molecular complexity index is 1470. The minimum Gasteiger partial charge on any atom is -0.507 e. The van der Waals surface area contributed by atoms with Gasteiger partial charge in [-0.15, -0.1) is 0 Å². The molecule has 1 saturated heterocycles. The molecule has 1 unspecified atom stereocenters. The number of hydrogen-bond acceptors (Lipinski definition) is 6. The number of fused-ring (bicyclic) bond motifs is 1. The number of halogens is 2. The van der Waals surface area contributed by atoms with E-state index in [-0.39, 0.29) is 16.5 Å². The minimum absolute atomic E-state index is 0.0864. The number of ketones is 1. The maximum atomic E-state index is 13.7. The van der Waals surface area contributed by atoms with Crippen LogP contribution in [0.3, 0.4) is 0 Å². The van der Waals surface area contributed by atoms with Gasteiger partial charge in [0.05, 0.1) is 27.4 Å². The molecule has 6 nitrogen and oxygen atoms in total. The van der Waals surface area contributed by atoms with Crippen molar-refractivity contribution in [2.24, 2.45) is 0 Å². The highest BCUT2D eigenvalue weighted by Gasteiger charge is 2.48. The van der Waals surface area contributed by atoms with Crippen LogP contribution in [0.5, 0.6) is 0 Å². The first-order valence-electron chi connectivity index (χ1n) is 9.94. The zero-order valence-corrected chi connectivity index (χ0v) is 19.0. The van der Waals surface area contributed by atoms with Crippen LogP contribution in [-0.2, 0) is 9.59 Å². The zero-order valence-electron chi connectivity index (χ0n) is 17.4. The molecule has 2 aromatic carbocycles. The van der Waals surface area contributed by atoms with Crippen LogP contribution in [0.25, 0.3) is 16.0 Å². The monoisotopic (exact) mass is 482 g/mol. The van der Waals surface area contributed by atoms with E-state index >= 15 is 0 Å². The van der Waals surface area contributed by atoms with E-state index in [1.54, 1.807) is 44.2 Å². The van der Waals surface area contributed by atoms with Gasteiger partial charge in [0.1, 0.15) is 23.1 Å². The van der Waals surface area contributed by atoms with Crippen LogP contribution in [0.4, 0.5) is 9.52 Å². The summed E-state index contributed by atoms with van der Waals surface area (Å²) in [6, 6.07) is 11.4. The van der Waals surface area contributed by atoms with Gasteiger partial charge in [-0.25, -0.2) is 9.37 Å². The number of anilines is 1. The lowest BCUT2D eigenvalue weighted by Crippen LogP contribution is -2.29. The van der Waals surface area contributed by atoms with Crippen LogP contribution < -0.4 is 4.90 Å². The van der Waals surface area contributed by atoms with E-state index in [9.17, 15) is 19.1 Å². The number of rotatable bonds is 3. The van der Waals surface area contributed by atoms with E-state index < -0.39 is 23.5 Å². The number of aromatic nitrogens is 1. The van der Waals surface area contributed by atoms with Gasteiger partial charge in [0.25, 0.3) is 5.78 Å². The van der Waals surface area contributed by atoms with Gasteiger partial charge in [-0.2, -0.15) is 0 Å². The summed E-state index contributed by atoms with van der Waals surface area (Å²) in [4.78, 5) is 32.1. The van der Waals surface area contributed by atoms with Crippen molar-refractivity contribution >= 4 is 55.7 Å². The van der Waals surface area contributed by atoms with Gasteiger partial charge in [0.2, 0.25) is 0 Å². The molecule has 0 bridgehead atoms. The molecule has 9 heteroatoms. The maximum Gasteiger partial charge on any atom is 0.301 e. The molecule has 5 rings (SSSR count). The molecule has 2 aromatic heterocycles. The predicted molar refractivity (Wildman–Crippen MR) is 124 cm³/mol. The topological polar surface area (TPSA) is 83.6 Å². The number of aliphatic hydroxyl groups is 1. The van der Waals surface area contributed by atoms with Crippen molar-refractivity contribution in [3.8, 4) is 0 Å². The Morgan fingerprint density at radius 1 is 1.15 bits per heavy atom. The van der Waals surface area contributed by atoms with E-state index in [0.29, 0.717) is 37.9 Å². The Hall–Kier alpha value is -3.49. The largest absolute Gasteiger partial charge is 0.507 e. The normalized spacial score (nSPS) is 17.9. The summed E-state index contributed by atoms with van der Waals surface area (Å²) < 4.78 is 19.8. The van der Waals surface area contributed by atoms with Crippen molar-refractivity contribution < 1.29 is 23.5 Å². The molecule has 0 saturated carbocycles. The molecule has 1 aliphatic heterocycles.